The van der Waals surface area contributed by atoms with E-state index in [1.165, 1.54) is 5.56 Å². The largest absolute Gasteiger partial charge is 0.496 e. The Bertz CT molecular complexity index is 749. The molecule has 0 aliphatic carbocycles. The molecule has 0 unspecified atom stereocenters. The van der Waals surface area contributed by atoms with Crippen LogP contribution >= 0.6 is 24.0 Å². The Labute approximate surface area is 179 Å². The lowest BCUT2D eigenvalue weighted by molar-refractivity contribution is 0.411. The second-order valence-corrected chi connectivity index (χ2v) is 6.32. The van der Waals surface area contributed by atoms with Gasteiger partial charge in [0.1, 0.15) is 11.6 Å². The molecule has 7 heteroatoms. The molecule has 0 saturated carbocycles. The van der Waals surface area contributed by atoms with E-state index >= 15 is 0 Å². The maximum absolute atomic E-state index is 5.38. The summed E-state index contributed by atoms with van der Waals surface area (Å²) in [5, 5.41) is 6.69. The lowest BCUT2D eigenvalue weighted by Gasteiger charge is -2.14. The van der Waals surface area contributed by atoms with Crippen molar-refractivity contribution in [3.8, 4) is 5.75 Å². The number of nitrogens with zero attached hydrogens (tertiary/aromatic N) is 3. The number of hydrogen-bond acceptors (Lipinski definition) is 4. The molecule has 0 spiro atoms. The summed E-state index contributed by atoms with van der Waals surface area (Å²) in [4.78, 5) is 10.6. The Hall–Kier alpha value is -2.03. The number of nitrogens with one attached hydrogen (secondary N) is 2. The molecule has 148 valence electrons. The van der Waals surface area contributed by atoms with E-state index in [0.717, 1.165) is 41.6 Å². The highest BCUT2D eigenvalue weighted by Gasteiger charge is 2.03. The summed E-state index contributed by atoms with van der Waals surface area (Å²) in [6.45, 7) is 3.54. The summed E-state index contributed by atoms with van der Waals surface area (Å²) in [6, 6.07) is 10.4. The highest BCUT2D eigenvalue weighted by molar-refractivity contribution is 14.0. The minimum atomic E-state index is 0. The molecule has 1 heterocycles. The first-order valence-electron chi connectivity index (χ1n) is 8.73. The van der Waals surface area contributed by atoms with Crippen molar-refractivity contribution in [1.29, 1.82) is 0 Å². The highest BCUT2D eigenvalue weighted by Crippen LogP contribution is 2.19. The lowest BCUT2D eigenvalue weighted by atomic mass is 10.1. The third-order valence-electron chi connectivity index (χ3n) is 4.13. The molecule has 2 rings (SSSR count). The maximum atomic E-state index is 5.38. The van der Waals surface area contributed by atoms with Gasteiger partial charge in [0.25, 0.3) is 0 Å². The van der Waals surface area contributed by atoms with Crippen LogP contribution in [0.2, 0.25) is 0 Å². The molecule has 2 N–H and O–H groups in total. The van der Waals surface area contributed by atoms with Crippen molar-refractivity contribution >= 4 is 35.8 Å². The normalized spacial score (nSPS) is 10.8. The van der Waals surface area contributed by atoms with Crippen LogP contribution in [0.25, 0.3) is 0 Å². The number of rotatable bonds is 7. The smallest absolute Gasteiger partial charge is 0.191 e. The van der Waals surface area contributed by atoms with Gasteiger partial charge in [-0.15, -0.1) is 24.0 Å². The van der Waals surface area contributed by atoms with E-state index in [1.807, 2.05) is 38.2 Å². The summed E-state index contributed by atoms with van der Waals surface area (Å²) in [5.41, 5.74) is 3.55. The number of guanidine groups is 1. The minimum Gasteiger partial charge on any atom is -0.496 e. The fourth-order valence-electron chi connectivity index (χ4n) is 2.57. The summed E-state index contributed by atoms with van der Waals surface area (Å²) in [7, 11) is 7.46. The summed E-state index contributed by atoms with van der Waals surface area (Å²) in [6.07, 6.45) is 2.73. The summed E-state index contributed by atoms with van der Waals surface area (Å²) in [5.74, 6) is 2.66. The number of aryl methyl sites for hydroxylation is 1. The van der Waals surface area contributed by atoms with E-state index in [2.05, 4.69) is 44.9 Å². The van der Waals surface area contributed by atoms with E-state index in [9.17, 15) is 0 Å². The van der Waals surface area contributed by atoms with Crippen molar-refractivity contribution in [2.75, 3.05) is 39.7 Å². The molecule has 0 amide bonds. The topological polar surface area (TPSA) is 61.8 Å². The monoisotopic (exact) mass is 483 g/mol. The molecule has 2 aromatic rings. The first-order chi connectivity index (χ1) is 12.5. The molecule has 1 aromatic heterocycles. The zero-order chi connectivity index (χ0) is 18.9. The number of methoxy groups -OCH3 is 1. The first-order valence-corrected chi connectivity index (χ1v) is 8.73. The van der Waals surface area contributed by atoms with Gasteiger partial charge in [0.05, 0.1) is 7.11 Å². The van der Waals surface area contributed by atoms with Gasteiger partial charge in [-0.25, -0.2) is 4.98 Å². The standard InChI is InChI=1S/C20H29N5O.HI/c1-15-6-7-16(12-18(15)26-5)8-11-23-20(21-2)24-14-17-9-10-22-19(13-17)25(3)4;/h6-7,9-10,12-13H,8,11,14H2,1-5H3,(H2,21,23,24);1H. The van der Waals surface area contributed by atoms with Crippen molar-refractivity contribution in [1.82, 2.24) is 15.6 Å². The highest BCUT2D eigenvalue weighted by atomic mass is 127. The van der Waals surface area contributed by atoms with Gasteiger partial charge < -0.3 is 20.3 Å². The third-order valence-corrected chi connectivity index (χ3v) is 4.13. The van der Waals surface area contributed by atoms with Gasteiger partial charge in [-0.1, -0.05) is 12.1 Å². The fraction of sp³-hybridized carbons (Fsp3) is 0.400. The Balaban J connectivity index is 0.00000364. The van der Waals surface area contributed by atoms with Crippen molar-refractivity contribution in [2.45, 2.75) is 19.9 Å². The number of ether oxygens (including phenoxy) is 1. The Morgan fingerprint density at radius 3 is 2.59 bits per heavy atom. The van der Waals surface area contributed by atoms with Crippen LogP contribution in [0.15, 0.2) is 41.5 Å². The quantitative estimate of drug-likeness (QED) is 0.360. The summed E-state index contributed by atoms with van der Waals surface area (Å²) < 4.78 is 5.38. The molecule has 0 aliphatic heterocycles. The Morgan fingerprint density at radius 1 is 1.15 bits per heavy atom. The molecule has 0 atom stereocenters. The predicted molar refractivity (Wildman–Crippen MR) is 124 cm³/mol. The number of pyridine rings is 1. The second kappa shape index (κ2) is 11.6. The third kappa shape index (κ3) is 7.24. The van der Waals surface area contributed by atoms with Crippen LogP contribution in [0, 0.1) is 6.92 Å². The molecule has 0 radical (unpaired) electrons. The van der Waals surface area contributed by atoms with Crippen LogP contribution < -0.4 is 20.3 Å². The van der Waals surface area contributed by atoms with Crippen molar-refractivity contribution < 1.29 is 4.74 Å². The zero-order valence-corrected chi connectivity index (χ0v) is 19.1. The molecule has 0 aliphatic rings. The Morgan fingerprint density at radius 2 is 1.93 bits per heavy atom. The van der Waals surface area contributed by atoms with Crippen LogP contribution in [-0.4, -0.2) is 45.7 Å². The van der Waals surface area contributed by atoms with Gasteiger partial charge in [-0.05, 0) is 48.2 Å². The van der Waals surface area contributed by atoms with E-state index in [1.54, 1.807) is 14.2 Å². The molecule has 0 bridgehead atoms. The van der Waals surface area contributed by atoms with Gasteiger partial charge in [-0.3, -0.25) is 4.99 Å². The molecule has 6 nitrogen and oxygen atoms in total. The predicted octanol–water partition coefficient (Wildman–Crippen LogP) is 2.99. The molecule has 0 fully saturated rings. The average Bonchev–Trinajstić information content (AvgIpc) is 2.65. The lowest BCUT2D eigenvalue weighted by Crippen LogP contribution is -2.37. The van der Waals surface area contributed by atoms with Gasteiger partial charge in [-0.2, -0.15) is 0 Å². The van der Waals surface area contributed by atoms with E-state index < -0.39 is 0 Å². The van der Waals surface area contributed by atoms with Gasteiger partial charge >= 0.3 is 0 Å². The van der Waals surface area contributed by atoms with Crippen molar-refractivity contribution in [3.05, 3.63) is 53.2 Å². The number of hydrogen-bond donors (Lipinski definition) is 2. The molecule has 1 aromatic carbocycles. The van der Waals surface area contributed by atoms with Crippen LogP contribution in [0.1, 0.15) is 16.7 Å². The van der Waals surface area contributed by atoms with Crippen molar-refractivity contribution in [2.24, 2.45) is 4.99 Å². The maximum Gasteiger partial charge on any atom is 0.191 e. The molecular weight excluding hydrogens is 453 g/mol. The average molecular weight is 483 g/mol. The van der Waals surface area contributed by atoms with Gasteiger partial charge in [0, 0.05) is 40.4 Å². The van der Waals surface area contributed by atoms with Crippen molar-refractivity contribution in [3.63, 3.8) is 0 Å². The molecule has 0 saturated heterocycles. The number of aromatic nitrogens is 1. The van der Waals surface area contributed by atoms with E-state index in [4.69, 9.17) is 4.74 Å². The number of benzene rings is 1. The van der Waals surface area contributed by atoms with E-state index in [-0.39, 0.29) is 24.0 Å². The number of aliphatic imine (C=N–C) groups is 1. The summed E-state index contributed by atoms with van der Waals surface area (Å²) >= 11 is 0. The minimum absolute atomic E-state index is 0. The van der Waals surface area contributed by atoms with Crippen LogP contribution in [-0.2, 0) is 13.0 Å². The SMILES string of the molecule is CN=C(NCCc1ccc(C)c(OC)c1)NCc1ccnc(N(C)C)c1.I. The molecular formula is C20H30IN5O. The number of anilines is 1. The Kier molecular flexibility index (Phi) is 9.92. The first kappa shape index (κ1) is 23.0. The van der Waals surface area contributed by atoms with Gasteiger partial charge in [0.15, 0.2) is 5.96 Å². The van der Waals surface area contributed by atoms with Crippen LogP contribution in [0.3, 0.4) is 0 Å². The fourth-order valence-corrected chi connectivity index (χ4v) is 2.57. The number of halogens is 1. The van der Waals surface area contributed by atoms with E-state index in [0.29, 0.717) is 6.54 Å². The zero-order valence-electron chi connectivity index (χ0n) is 16.7. The second-order valence-electron chi connectivity index (χ2n) is 6.32. The van der Waals surface area contributed by atoms with Crippen LogP contribution in [0.4, 0.5) is 5.82 Å². The van der Waals surface area contributed by atoms with Crippen LogP contribution in [0.5, 0.6) is 5.75 Å². The van der Waals surface area contributed by atoms with Gasteiger partial charge in [0.2, 0.25) is 0 Å². The molecule has 27 heavy (non-hydrogen) atoms.